The summed E-state index contributed by atoms with van der Waals surface area (Å²) in [7, 11) is 0. The van der Waals surface area contributed by atoms with Crippen LogP contribution in [0.15, 0.2) is 24.3 Å². The molecule has 2 aromatic rings. The molecule has 1 aromatic heterocycles. The van der Waals surface area contributed by atoms with Crippen LogP contribution in [0.3, 0.4) is 0 Å². The first kappa shape index (κ1) is 14.8. The second kappa shape index (κ2) is 6.23. The van der Waals surface area contributed by atoms with E-state index in [-0.39, 0.29) is 0 Å². The Balaban J connectivity index is 2.41. The number of hydrogen-bond donors (Lipinski definition) is 1. The van der Waals surface area contributed by atoms with Crippen LogP contribution in [0.25, 0.3) is 5.69 Å². The molecule has 0 aliphatic carbocycles. The predicted octanol–water partition coefficient (Wildman–Crippen LogP) is 3.86. The first-order valence-electron chi connectivity index (χ1n) is 7.45. The number of nitrogens with one attached hydrogen (secondary N) is 1. The lowest BCUT2D eigenvalue weighted by molar-refractivity contribution is 0.537. The van der Waals surface area contributed by atoms with E-state index in [2.05, 4.69) is 69.3 Å². The van der Waals surface area contributed by atoms with Crippen LogP contribution in [-0.2, 0) is 0 Å². The topological polar surface area (TPSA) is 29.9 Å². The largest absolute Gasteiger partial charge is 0.310 e. The maximum atomic E-state index is 4.65. The van der Waals surface area contributed by atoms with Crippen LogP contribution >= 0.6 is 0 Å². The van der Waals surface area contributed by atoms with Crippen LogP contribution in [0.1, 0.15) is 48.8 Å². The van der Waals surface area contributed by atoms with Crippen molar-refractivity contribution in [2.45, 2.75) is 47.1 Å². The van der Waals surface area contributed by atoms with E-state index in [1.165, 1.54) is 16.8 Å². The first-order valence-corrected chi connectivity index (χ1v) is 7.45. The van der Waals surface area contributed by atoms with Crippen molar-refractivity contribution >= 4 is 0 Å². The summed E-state index contributed by atoms with van der Waals surface area (Å²) >= 11 is 0. The molecular formula is C17H25N3. The number of nitrogens with zero attached hydrogens (tertiary/aromatic N) is 2. The van der Waals surface area contributed by atoms with Crippen molar-refractivity contribution in [1.29, 1.82) is 0 Å². The van der Waals surface area contributed by atoms with Crippen LogP contribution in [-0.4, -0.2) is 16.3 Å². The van der Waals surface area contributed by atoms with Crippen molar-refractivity contribution in [1.82, 2.24) is 15.1 Å². The van der Waals surface area contributed by atoms with Gasteiger partial charge in [0.1, 0.15) is 0 Å². The van der Waals surface area contributed by atoms with Crippen molar-refractivity contribution in [3.63, 3.8) is 0 Å². The molecule has 1 N–H and O–H groups in total. The highest BCUT2D eigenvalue weighted by Crippen LogP contribution is 2.22. The van der Waals surface area contributed by atoms with Gasteiger partial charge in [0.25, 0.3) is 0 Å². The Morgan fingerprint density at radius 1 is 1.20 bits per heavy atom. The number of rotatable bonds is 5. The average molecular weight is 271 g/mol. The SMILES string of the molecule is CCNC(CC)c1cccc(-n2nc(C)c(C)c2C)c1. The molecule has 1 aromatic carbocycles. The molecule has 2 rings (SSSR count). The van der Waals surface area contributed by atoms with Gasteiger partial charge in [0.2, 0.25) is 0 Å². The molecule has 1 heterocycles. The Morgan fingerprint density at radius 2 is 1.95 bits per heavy atom. The maximum Gasteiger partial charge on any atom is 0.0652 e. The fourth-order valence-electron chi connectivity index (χ4n) is 2.59. The fourth-order valence-corrected chi connectivity index (χ4v) is 2.59. The monoisotopic (exact) mass is 271 g/mol. The third kappa shape index (κ3) is 2.78. The summed E-state index contributed by atoms with van der Waals surface area (Å²) in [5.41, 5.74) is 6.07. The predicted molar refractivity (Wildman–Crippen MR) is 84.5 cm³/mol. The Bertz CT molecular complexity index is 584. The number of aryl methyl sites for hydroxylation is 1. The molecule has 0 fully saturated rings. The lowest BCUT2D eigenvalue weighted by Crippen LogP contribution is -2.20. The summed E-state index contributed by atoms with van der Waals surface area (Å²) in [6, 6.07) is 9.10. The van der Waals surface area contributed by atoms with Gasteiger partial charge in [-0.05, 0) is 57.0 Å². The van der Waals surface area contributed by atoms with Gasteiger partial charge in [-0.1, -0.05) is 26.0 Å². The quantitative estimate of drug-likeness (QED) is 0.895. The van der Waals surface area contributed by atoms with E-state index in [1.54, 1.807) is 0 Å². The zero-order chi connectivity index (χ0) is 14.7. The summed E-state index contributed by atoms with van der Waals surface area (Å²) in [4.78, 5) is 0. The van der Waals surface area contributed by atoms with Crippen molar-refractivity contribution in [2.75, 3.05) is 6.54 Å². The third-order valence-electron chi connectivity index (χ3n) is 4.03. The molecule has 20 heavy (non-hydrogen) atoms. The van der Waals surface area contributed by atoms with E-state index in [4.69, 9.17) is 0 Å². The van der Waals surface area contributed by atoms with Crippen molar-refractivity contribution in [3.8, 4) is 5.69 Å². The number of benzene rings is 1. The Labute approximate surface area is 122 Å². The zero-order valence-electron chi connectivity index (χ0n) is 13.2. The van der Waals surface area contributed by atoms with E-state index < -0.39 is 0 Å². The van der Waals surface area contributed by atoms with Crippen molar-refractivity contribution < 1.29 is 0 Å². The molecule has 108 valence electrons. The normalized spacial score (nSPS) is 12.7. The minimum absolute atomic E-state index is 0.415. The lowest BCUT2D eigenvalue weighted by Gasteiger charge is -2.17. The average Bonchev–Trinajstić information content (AvgIpc) is 2.72. The molecule has 0 saturated heterocycles. The highest BCUT2D eigenvalue weighted by molar-refractivity contribution is 5.40. The summed E-state index contributed by atoms with van der Waals surface area (Å²) in [6.45, 7) is 11.7. The highest BCUT2D eigenvalue weighted by Gasteiger charge is 2.12. The van der Waals surface area contributed by atoms with Gasteiger partial charge in [-0.15, -0.1) is 0 Å². The Hall–Kier alpha value is -1.61. The standard InChI is InChI=1S/C17H25N3/c1-6-17(18-7-2)15-9-8-10-16(11-15)20-14(5)12(3)13(4)19-20/h8-11,17-18H,6-7H2,1-5H3. The summed E-state index contributed by atoms with van der Waals surface area (Å²) < 4.78 is 2.05. The molecule has 0 aliphatic heterocycles. The number of hydrogen-bond acceptors (Lipinski definition) is 2. The van der Waals surface area contributed by atoms with Crippen molar-refractivity contribution in [2.24, 2.45) is 0 Å². The van der Waals surface area contributed by atoms with Gasteiger partial charge in [-0.25, -0.2) is 4.68 Å². The summed E-state index contributed by atoms with van der Waals surface area (Å²) in [6.07, 6.45) is 1.09. The molecule has 0 bridgehead atoms. The molecule has 1 atom stereocenters. The van der Waals surface area contributed by atoms with E-state index in [9.17, 15) is 0 Å². The molecule has 3 nitrogen and oxygen atoms in total. The second-order valence-electron chi connectivity index (χ2n) is 5.32. The Morgan fingerprint density at radius 3 is 2.50 bits per heavy atom. The second-order valence-corrected chi connectivity index (χ2v) is 5.32. The molecule has 0 radical (unpaired) electrons. The first-order chi connectivity index (χ1) is 9.58. The minimum Gasteiger partial charge on any atom is -0.310 e. The van der Waals surface area contributed by atoms with Crippen LogP contribution in [0.4, 0.5) is 0 Å². The van der Waals surface area contributed by atoms with Crippen LogP contribution < -0.4 is 5.32 Å². The van der Waals surface area contributed by atoms with Crippen LogP contribution in [0.2, 0.25) is 0 Å². The van der Waals surface area contributed by atoms with Gasteiger partial charge in [0.15, 0.2) is 0 Å². The van der Waals surface area contributed by atoms with Crippen LogP contribution in [0, 0.1) is 20.8 Å². The zero-order valence-corrected chi connectivity index (χ0v) is 13.2. The molecule has 1 unspecified atom stereocenters. The van der Waals surface area contributed by atoms with Crippen molar-refractivity contribution in [3.05, 3.63) is 46.8 Å². The van der Waals surface area contributed by atoms with Gasteiger partial charge in [-0.2, -0.15) is 5.10 Å². The molecule has 0 saturated carbocycles. The fraction of sp³-hybridized carbons (Fsp3) is 0.471. The van der Waals surface area contributed by atoms with Crippen LogP contribution in [0.5, 0.6) is 0 Å². The van der Waals surface area contributed by atoms with Gasteiger partial charge in [0, 0.05) is 11.7 Å². The van der Waals surface area contributed by atoms with E-state index in [0.717, 1.165) is 24.3 Å². The lowest BCUT2D eigenvalue weighted by atomic mass is 10.0. The summed E-state index contributed by atoms with van der Waals surface area (Å²) in [5, 5.41) is 8.18. The van der Waals surface area contributed by atoms with Gasteiger partial charge >= 0.3 is 0 Å². The molecule has 0 spiro atoms. The molecule has 0 aliphatic rings. The third-order valence-corrected chi connectivity index (χ3v) is 4.03. The smallest absolute Gasteiger partial charge is 0.0652 e. The van der Waals surface area contributed by atoms with E-state index in [1.807, 2.05) is 4.68 Å². The molecular weight excluding hydrogens is 246 g/mol. The number of aromatic nitrogens is 2. The highest BCUT2D eigenvalue weighted by atomic mass is 15.3. The van der Waals surface area contributed by atoms with E-state index in [0.29, 0.717) is 6.04 Å². The molecule has 0 amide bonds. The summed E-state index contributed by atoms with van der Waals surface area (Å²) in [5.74, 6) is 0. The minimum atomic E-state index is 0.415. The van der Waals surface area contributed by atoms with Gasteiger partial charge in [0.05, 0.1) is 11.4 Å². The van der Waals surface area contributed by atoms with Gasteiger partial charge < -0.3 is 5.32 Å². The molecule has 3 heteroatoms. The maximum absolute atomic E-state index is 4.65. The van der Waals surface area contributed by atoms with E-state index >= 15 is 0 Å². The Kier molecular flexibility index (Phi) is 4.61. The van der Waals surface area contributed by atoms with Gasteiger partial charge in [-0.3, -0.25) is 0 Å².